The Morgan fingerprint density at radius 3 is 1.95 bits per heavy atom. The minimum Gasteiger partial charge on any atom is -0.294 e. The second kappa shape index (κ2) is 8.66. The van der Waals surface area contributed by atoms with Crippen LogP contribution >= 0.6 is 15.9 Å². The van der Waals surface area contributed by atoms with Crippen LogP contribution in [0.25, 0.3) is 61.2 Å². The maximum atomic E-state index is 5.45. The van der Waals surface area contributed by atoms with Crippen LogP contribution in [0.4, 0.5) is 0 Å². The van der Waals surface area contributed by atoms with Crippen molar-refractivity contribution in [3.63, 3.8) is 0 Å². The van der Waals surface area contributed by atoms with Crippen LogP contribution in [-0.2, 0) is 0 Å². The lowest BCUT2D eigenvalue weighted by atomic mass is 10.1. The SMILES string of the molecule is Cc1cccc(C)c1-n1ccnc1-n1c2ccccc2c2cc3c4ccccc4n(-c4cccc(Br)c4)c3nc21. The van der Waals surface area contributed by atoms with Crippen LogP contribution in [0.1, 0.15) is 11.1 Å². The third-order valence-corrected chi connectivity index (χ3v) is 8.34. The molecule has 0 spiro atoms. The first-order valence-electron chi connectivity index (χ1n) is 13.3. The fourth-order valence-electron chi connectivity index (χ4n) is 6.15. The molecular formula is C34H24BrN5. The number of rotatable bonds is 3. The van der Waals surface area contributed by atoms with E-state index in [2.05, 4.69) is 134 Å². The first kappa shape index (κ1) is 23.2. The number of benzene rings is 4. The van der Waals surface area contributed by atoms with E-state index >= 15 is 0 Å². The van der Waals surface area contributed by atoms with Gasteiger partial charge in [0.05, 0.1) is 16.7 Å². The summed E-state index contributed by atoms with van der Waals surface area (Å²) < 4.78 is 7.68. The number of nitrogens with zero attached hydrogens (tertiary/aromatic N) is 5. The van der Waals surface area contributed by atoms with Crippen LogP contribution < -0.4 is 0 Å². The van der Waals surface area contributed by atoms with E-state index in [4.69, 9.17) is 9.97 Å². The molecule has 0 aliphatic heterocycles. The molecule has 4 aromatic carbocycles. The molecule has 6 heteroatoms. The number of para-hydroxylation sites is 3. The van der Waals surface area contributed by atoms with E-state index in [0.29, 0.717) is 0 Å². The number of hydrogen-bond donors (Lipinski definition) is 0. The fraction of sp³-hybridized carbons (Fsp3) is 0.0588. The molecule has 0 N–H and O–H groups in total. The molecule has 0 radical (unpaired) electrons. The molecule has 4 aromatic heterocycles. The van der Waals surface area contributed by atoms with Gasteiger partial charge in [-0.25, -0.2) is 9.97 Å². The zero-order valence-corrected chi connectivity index (χ0v) is 23.6. The van der Waals surface area contributed by atoms with Crippen LogP contribution in [0.5, 0.6) is 0 Å². The molecule has 0 fully saturated rings. The van der Waals surface area contributed by atoms with Crippen molar-refractivity contribution >= 4 is 59.8 Å². The standard InChI is InChI=1S/C34H24BrN5/c1-21-9-7-10-22(2)31(21)38-18-17-36-34(38)40-30-16-6-4-14-26(30)28-20-27-25-13-3-5-15-29(25)39(32(27)37-33(28)40)24-12-8-11-23(35)19-24/h3-20H,1-2H3. The van der Waals surface area contributed by atoms with Crippen molar-refractivity contribution in [2.75, 3.05) is 0 Å². The smallest absolute Gasteiger partial charge is 0.220 e. The van der Waals surface area contributed by atoms with E-state index in [0.717, 1.165) is 60.3 Å². The highest BCUT2D eigenvalue weighted by molar-refractivity contribution is 9.10. The molecule has 0 aliphatic carbocycles. The minimum absolute atomic E-state index is 0.820. The van der Waals surface area contributed by atoms with Crippen LogP contribution in [-0.4, -0.2) is 23.7 Å². The third-order valence-electron chi connectivity index (χ3n) is 7.84. The number of aromatic nitrogens is 5. The first-order valence-corrected chi connectivity index (χ1v) is 14.1. The predicted octanol–water partition coefficient (Wildman–Crippen LogP) is 8.84. The molecule has 40 heavy (non-hydrogen) atoms. The molecule has 5 nitrogen and oxygen atoms in total. The Balaban J connectivity index is 1.53. The Labute approximate surface area is 239 Å². The summed E-state index contributed by atoms with van der Waals surface area (Å²) >= 11 is 3.67. The van der Waals surface area contributed by atoms with Crippen molar-refractivity contribution in [3.8, 4) is 17.3 Å². The quantitative estimate of drug-likeness (QED) is 0.209. The lowest BCUT2D eigenvalue weighted by molar-refractivity contribution is 0.916. The van der Waals surface area contributed by atoms with Crippen molar-refractivity contribution in [1.82, 2.24) is 23.7 Å². The van der Waals surface area contributed by atoms with Crippen molar-refractivity contribution in [2.24, 2.45) is 0 Å². The third kappa shape index (κ3) is 3.26. The lowest BCUT2D eigenvalue weighted by Gasteiger charge is -2.15. The highest BCUT2D eigenvalue weighted by Gasteiger charge is 2.22. The maximum Gasteiger partial charge on any atom is 0.220 e. The Kier molecular flexibility index (Phi) is 5.03. The van der Waals surface area contributed by atoms with Gasteiger partial charge in [0.1, 0.15) is 11.3 Å². The average Bonchev–Trinajstić information content (AvgIpc) is 3.64. The van der Waals surface area contributed by atoms with Crippen LogP contribution in [0.3, 0.4) is 0 Å². The predicted molar refractivity (Wildman–Crippen MR) is 167 cm³/mol. The molecule has 4 heterocycles. The molecule has 0 saturated carbocycles. The summed E-state index contributed by atoms with van der Waals surface area (Å²) in [6, 6.07) is 34.2. The van der Waals surface area contributed by atoms with Gasteiger partial charge < -0.3 is 0 Å². The summed E-state index contributed by atoms with van der Waals surface area (Å²) in [6.07, 6.45) is 3.92. The normalized spacial score (nSPS) is 11.9. The van der Waals surface area contributed by atoms with Gasteiger partial charge in [0.25, 0.3) is 0 Å². The van der Waals surface area contributed by atoms with Crippen LogP contribution in [0, 0.1) is 13.8 Å². The lowest BCUT2D eigenvalue weighted by Crippen LogP contribution is -2.08. The van der Waals surface area contributed by atoms with Gasteiger partial charge >= 0.3 is 0 Å². The number of fused-ring (bicyclic) bond motifs is 6. The summed E-state index contributed by atoms with van der Waals surface area (Å²) in [5.41, 5.74) is 8.61. The van der Waals surface area contributed by atoms with E-state index in [1.807, 2.05) is 18.5 Å². The van der Waals surface area contributed by atoms with Crippen LogP contribution in [0.15, 0.2) is 114 Å². The van der Waals surface area contributed by atoms with E-state index < -0.39 is 0 Å². The number of pyridine rings is 1. The molecule has 0 unspecified atom stereocenters. The van der Waals surface area contributed by atoms with Gasteiger partial charge in [-0.15, -0.1) is 0 Å². The number of aryl methyl sites for hydroxylation is 2. The number of halogens is 1. The van der Waals surface area contributed by atoms with Crippen LogP contribution in [0.2, 0.25) is 0 Å². The van der Waals surface area contributed by atoms with Crippen molar-refractivity contribution in [1.29, 1.82) is 0 Å². The number of imidazole rings is 1. The zero-order chi connectivity index (χ0) is 27.0. The monoisotopic (exact) mass is 581 g/mol. The van der Waals surface area contributed by atoms with E-state index in [1.165, 1.54) is 16.5 Å². The van der Waals surface area contributed by atoms with Gasteiger partial charge in [-0.05, 0) is 61.4 Å². The summed E-state index contributed by atoms with van der Waals surface area (Å²) in [6.45, 7) is 4.30. The molecule has 192 valence electrons. The van der Waals surface area contributed by atoms with Crippen molar-refractivity contribution in [2.45, 2.75) is 13.8 Å². The van der Waals surface area contributed by atoms with Crippen molar-refractivity contribution in [3.05, 3.63) is 125 Å². The van der Waals surface area contributed by atoms with Crippen molar-refractivity contribution < 1.29 is 0 Å². The van der Waals surface area contributed by atoms with Gasteiger partial charge in [-0.2, -0.15) is 0 Å². The highest BCUT2D eigenvalue weighted by atomic mass is 79.9. The van der Waals surface area contributed by atoms with Gasteiger partial charge in [0.2, 0.25) is 5.95 Å². The Morgan fingerprint density at radius 1 is 0.625 bits per heavy atom. The molecule has 0 saturated heterocycles. The molecule has 0 aliphatic rings. The fourth-order valence-corrected chi connectivity index (χ4v) is 6.54. The Bertz CT molecular complexity index is 2250. The molecule has 8 rings (SSSR count). The Hall–Kier alpha value is -4.68. The molecule has 0 bridgehead atoms. The van der Waals surface area contributed by atoms with Gasteiger partial charge in [0.15, 0.2) is 0 Å². The maximum absolute atomic E-state index is 5.45. The molecular weight excluding hydrogens is 558 g/mol. The number of hydrogen-bond acceptors (Lipinski definition) is 2. The highest BCUT2D eigenvalue weighted by Crippen LogP contribution is 2.38. The Morgan fingerprint density at radius 2 is 1.25 bits per heavy atom. The summed E-state index contributed by atoms with van der Waals surface area (Å²) in [4.78, 5) is 10.4. The van der Waals surface area contributed by atoms with Gasteiger partial charge in [-0.3, -0.25) is 13.7 Å². The second-order valence-corrected chi connectivity index (χ2v) is 11.2. The summed E-state index contributed by atoms with van der Waals surface area (Å²) in [7, 11) is 0. The van der Waals surface area contributed by atoms with E-state index in [-0.39, 0.29) is 0 Å². The van der Waals surface area contributed by atoms with E-state index in [9.17, 15) is 0 Å². The largest absolute Gasteiger partial charge is 0.294 e. The first-order chi connectivity index (χ1) is 19.6. The topological polar surface area (TPSA) is 40.6 Å². The average molecular weight is 583 g/mol. The van der Waals surface area contributed by atoms with Gasteiger partial charge in [-0.1, -0.05) is 76.6 Å². The minimum atomic E-state index is 0.820. The summed E-state index contributed by atoms with van der Waals surface area (Å²) in [5, 5.41) is 4.57. The van der Waals surface area contributed by atoms with Gasteiger partial charge in [0, 0.05) is 44.1 Å². The molecule has 0 amide bonds. The second-order valence-electron chi connectivity index (χ2n) is 10.3. The zero-order valence-electron chi connectivity index (χ0n) is 22.0. The summed E-state index contributed by atoms with van der Waals surface area (Å²) in [5.74, 6) is 0.820. The van der Waals surface area contributed by atoms with E-state index in [1.54, 1.807) is 0 Å². The molecule has 8 aromatic rings. The molecule has 0 atom stereocenters.